The molecule has 8 nitrogen and oxygen atoms in total. The second kappa shape index (κ2) is 9.12. The molecule has 0 amide bonds. The Labute approximate surface area is 196 Å². The first-order valence-electron chi connectivity index (χ1n) is 6.56. The van der Waals surface area contributed by atoms with Crippen LogP contribution in [-0.2, 0) is 30.0 Å². The van der Waals surface area contributed by atoms with Crippen LogP contribution in [0.15, 0.2) is 60.7 Å². The topological polar surface area (TPSA) is 166 Å². The first-order valence-corrected chi connectivity index (χ1v) is 9.37. The SMILES string of the molecule is N[C@](c1ccccc1)([C@](N)(c1ccccc1)S(=O)(=O)[O-])S(=O)(=O)[O-].[Na+].[Na+]. The number of hydrogen-bond donors (Lipinski definition) is 2. The van der Waals surface area contributed by atoms with Crippen LogP contribution in [0.4, 0.5) is 0 Å². The zero-order chi connectivity index (χ0) is 18.2. The Morgan fingerprint density at radius 2 is 0.846 bits per heavy atom. The Hall–Kier alpha value is 0.180. The smallest absolute Gasteiger partial charge is 0.746 e. The molecule has 0 bridgehead atoms. The van der Waals surface area contributed by atoms with Gasteiger partial charge in [-0.05, 0) is 11.1 Å². The molecule has 0 spiro atoms. The number of nitrogens with two attached hydrogens (primary N) is 2. The van der Waals surface area contributed by atoms with E-state index < -0.39 is 41.1 Å². The van der Waals surface area contributed by atoms with Crippen LogP contribution in [0.1, 0.15) is 11.1 Å². The van der Waals surface area contributed by atoms with Gasteiger partial charge in [-0.3, -0.25) is 0 Å². The molecular formula is C14H14N2Na2O6S2. The standard InChI is InChI=1S/C14H16N2O6S2.2Na/c15-13(23(17,18)19,11-7-3-1-4-8-11)14(16,24(20,21)22)12-9-5-2-6-10-12;;/h1-10H,15-16H2,(H,17,18,19)(H,20,21,22);;/q;2*+1/p-2/t13-,14-;;/m0../s1. The van der Waals surface area contributed by atoms with Gasteiger partial charge >= 0.3 is 59.1 Å². The van der Waals surface area contributed by atoms with Gasteiger partial charge in [-0.25, -0.2) is 16.8 Å². The maximum atomic E-state index is 12.0. The molecular weight excluding hydrogens is 402 g/mol. The molecule has 2 atom stereocenters. The minimum atomic E-state index is -5.58. The molecule has 0 aliphatic rings. The predicted molar refractivity (Wildman–Crippen MR) is 84.0 cm³/mol. The van der Waals surface area contributed by atoms with E-state index in [1.54, 1.807) is 0 Å². The quantitative estimate of drug-likeness (QED) is 0.359. The van der Waals surface area contributed by atoms with Crippen molar-refractivity contribution in [2.24, 2.45) is 11.5 Å². The summed E-state index contributed by atoms with van der Waals surface area (Å²) >= 11 is 0. The van der Waals surface area contributed by atoms with Crippen molar-refractivity contribution in [2.45, 2.75) is 9.74 Å². The molecule has 0 radical (unpaired) electrons. The van der Waals surface area contributed by atoms with E-state index in [1.807, 2.05) is 0 Å². The van der Waals surface area contributed by atoms with E-state index >= 15 is 0 Å². The summed E-state index contributed by atoms with van der Waals surface area (Å²) in [5.74, 6) is 0. The molecule has 2 rings (SSSR count). The van der Waals surface area contributed by atoms with Gasteiger partial charge in [0.05, 0.1) is 0 Å². The first-order chi connectivity index (χ1) is 11.0. The summed E-state index contributed by atoms with van der Waals surface area (Å²) in [6, 6.07) is 12.8. The van der Waals surface area contributed by atoms with Crippen LogP contribution < -0.4 is 70.6 Å². The van der Waals surface area contributed by atoms with Crippen LogP contribution in [0.25, 0.3) is 0 Å². The minimum absolute atomic E-state index is 0. The van der Waals surface area contributed by atoms with Crippen molar-refractivity contribution in [2.75, 3.05) is 0 Å². The zero-order valence-corrected chi connectivity index (χ0v) is 19.8. The number of hydrogen-bond acceptors (Lipinski definition) is 8. The zero-order valence-electron chi connectivity index (χ0n) is 14.2. The van der Waals surface area contributed by atoms with Crippen molar-refractivity contribution < 1.29 is 85.1 Å². The molecule has 130 valence electrons. The van der Waals surface area contributed by atoms with Crippen LogP contribution in [-0.4, -0.2) is 25.9 Å². The van der Waals surface area contributed by atoms with E-state index in [2.05, 4.69) is 0 Å². The van der Waals surface area contributed by atoms with Gasteiger partial charge < -0.3 is 20.6 Å². The van der Waals surface area contributed by atoms with Gasteiger partial charge in [-0.15, -0.1) is 0 Å². The van der Waals surface area contributed by atoms with Crippen LogP contribution in [0.3, 0.4) is 0 Å². The fraction of sp³-hybridized carbons (Fsp3) is 0.143. The van der Waals surface area contributed by atoms with Crippen molar-refractivity contribution in [3.05, 3.63) is 71.8 Å². The normalized spacial score (nSPS) is 16.3. The van der Waals surface area contributed by atoms with Gasteiger partial charge in [-0.2, -0.15) is 0 Å². The summed E-state index contributed by atoms with van der Waals surface area (Å²) < 4.78 is 71.7. The monoisotopic (exact) mass is 416 g/mol. The fourth-order valence-electron chi connectivity index (χ4n) is 2.46. The maximum Gasteiger partial charge on any atom is 1.00 e. The molecule has 0 aliphatic heterocycles. The molecule has 0 saturated carbocycles. The number of rotatable bonds is 5. The molecule has 0 aliphatic carbocycles. The summed E-state index contributed by atoms with van der Waals surface area (Å²) in [6.07, 6.45) is 0. The predicted octanol–water partition coefficient (Wildman–Crippen LogP) is -6.29. The largest absolute Gasteiger partial charge is 1.00 e. The van der Waals surface area contributed by atoms with Gasteiger partial charge in [0.2, 0.25) is 0 Å². The Kier molecular flexibility index (Phi) is 9.18. The summed E-state index contributed by atoms with van der Waals surface area (Å²) in [5, 5.41) is 0. The van der Waals surface area contributed by atoms with Crippen LogP contribution in [0.2, 0.25) is 0 Å². The van der Waals surface area contributed by atoms with Gasteiger partial charge in [0.15, 0.2) is 9.74 Å². The van der Waals surface area contributed by atoms with Crippen molar-refractivity contribution in [3.8, 4) is 0 Å². The molecule has 0 saturated heterocycles. The molecule has 2 aromatic rings. The van der Waals surface area contributed by atoms with Gasteiger partial charge in [-0.1, -0.05) is 60.7 Å². The Morgan fingerprint density at radius 1 is 0.615 bits per heavy atom. The molecule has 4 N–H and O–H groups in total. The van der Waals surface area contributed by atoms with E-state index in [4.69, 9.17) is 11.5 Å². The third-order valence-corrected chi connectivity index (χ3v) is 6.57. The molecule has 12 heteroatoms. The maximum absolute atomic E-state index is 12.0. The minimum Gasteiger partial charge on any atom is -0.746 e. The van der Waals surface area contributed by atoms with Crippen molar-refractivity contribution >= 4 is 20.2 Å². The van der Waals surface area contributed by atoms with Gasteiger partial charge in [0.1, 0.15) is 20.2 Å². The number of benzene rings is 2. The fourth-order valence-corrected chi connectivity index (χ4v) is 4.90. The third-order valence-electron chi connectivity index (χ3n) is 3.75. The van der Waals surface area contributed by atoms with Gasteiger partial charge in [0, 0.05) is 0 Å². The Bertz CT molecular complexity index is 862. The molecule has 2 aromatic carbocycles. The summed E-state index contributed by atoms with van der Waals surface area (Å²) in [7, 11) is -11.2. The van der Waals surface area contributed by atoms with Crippen molar-refractivity contribution in [3.63, 3.8) is 0 Å². The molecule has 0 fully saturated rings. The third kappa shape index (κ3) is 4.27. The van der Waals surface area contributed by atoms with E-state index in [0.717, 1.165) is 24.3 Å². The second-order valence-corrected chi connectivity index (χ2v) is 8.22. The Balaban J connectivity index is 0.00000312. The average Bonchev–Trinajstić information content (AvgIpc) is 2.52. The van der Waals surface area contributed by atoms with E-state index in [0.29, 0.717) is 0 Å². The second-order valence-electron chi connectivity index (χ2n) is 5.11. The van der Waals surface area contributed by atoms with E-state index in [1.165, 1.54) is 36.4 Å². The van der Waals surface area contributed by atoms with Gasteiger partial charge in [0.25, 0.3) is 0 Å². The van der Waals surface area contributed by atoms with E-state index in [-0.39, 0.29) is 59.1 Å². The molecule has 0 unspecified atom stereocenters. The van der Waals surface area contributed by atoms with E-state index in [9.17, 15) is 25.9 Å². The van der Waals surface area contributed by atoms with Crippen LogP contribution in [0.5, 0.6) is 0 Å². The molecule has 26 heavy (non-hydrogen) atoms. The summed E-state index contributed by atoms with van der Waals surface area (Å²) in [5.41, 5.74) is 10.8. The molecule has 0 aromatic heterocycles. The average molecular weight is 416 g/mol. The van der Waals surface area contributed by atoms with Crippen LogP contribution >= 0.6 is 0 Å². The first kappa shape index (κ1) is 26.2. The summed E-state index contributed by atoms with van der Waals surface area (Å²) in [4.78, 5) is -6.47. The Morgan fingerprint density at radius 3 is 1.04 bits per heavy atom. The molecule has 0 heterocycles. The summed E-state index contributed by atoms with van der Waals surface area (Å²) in [6.45, 7) is 0. The van der Waals surface area contributed by atoms with Crippen molar-refractivity contribution in [1.82, 2.24) is 0 Å². The van der Waals surface area contributed by atoms with Crippen LogP contribution in [0, 0.1) is 0 Å². The van der Waals surface area contributed by atoms with Crippen molar-refractivity contribution in [1.29, 1.82) is 0 Å².